The van der Waals surface area contributed by atoms with Gasteiger partial charge in [-0.05, 0) is 6.54 Å². The smallest absolute Gasteiger partial charge is 0.0456 e. The number of nitrogens with zero attached hydrogens (tertiary/aromatic N) is 2. The van der Waals surface area contributed by atoms with E-state index >= 15 is 0 Å². The lowest BCUT2D eigenvalue weighted by atomic mass is 10.3. The first-order valence-corrected chi connectivity index (χ1v) is 4.01. The first-order valence-electron chi connectivity index (χ1n) is 4.01. The number of likely N-dealkylation sites (N-methyl/N-ethyl adjacent to an activating group) is 1. The van der Waals surface area contributed by atoms with E-state index in [9.17, 15) is 0 Å². The van der Waals surface area contributed by atoms with Crippen molar-refractivity contribution < 1.29 is 0 Å². The first kappa shape index (κ1) is 29.4. The van der Waals surface area contributed by atoms with Crippen LogP contribution in [0.1, 0.15) is 44.1 Å². The Kier molecular flexibility index (Phi) is 31.9. The third-order valence-corrected chi connectivity index (χ3v) is 2.17. The van der Waals surface area contributed by atoms with E-state index in [1.807, 2.05) is 0 Å². The largest absolute Gasteiger partial charge is 0.318 e. The molecule has 100 valence electrons. The number of piperazine rings is 1. The second kappa shape index (κ2) is 16.3. The molecule has 1 aliphatic rings. The summed E-state index contributed by atoms with van der Waals surface area (Å²) in [7, 11) is 0. The van der Waals surface area contributed by atoms with Gasteiger partial charge in [0.15, 0.2) is 0 Å². The molecule has 1 rings (SSSR count). The third-order valence-electron chi connectivity index (χ3n) is 2.17. The maximum absolute atomic E-state index is 5.50. The lowest BCUT2D eigenvalue weighted by Crippen LogP contribution is -2.47. The maximum atomic E-state index is 5.50. The van der Waals surface area contributed by atoms with Crippen LogP contribution < -0.4 is 5.73 Å². The maximum Gasteiger partial charge on any atom is 0.0456 e. The zero-order valence-corrected chi connectivity index (χ0v) is 6.71. The first-order chi connectivity index (χ1) is 4.86. The summed E-state index contributed by atoms with van der Waals surface area (Å²) in [4.78, 5) is 4.73. The molecule has 1 heterocycles. The van der Waals surface area contributed by atoms with E-state index in [0.29, 0.717) is 0 Å². The van der Waals surface area contributed by atoms with Gasteiger partial charge in [-0.1, -0.05) is 44.1 Å². The Bertz CT molecular complexity index is 76.9. The predicted molar refractivity (Wildman–Crippen MR) is 76.4 cm³/mol. The van der Waals surface area contributed by atoms with E-state index in [1.165, 1.54) is 19.6 Å². The van der Waals surface area contributed by atoms with Gasteiger partial charge in [-0.2, -0.15) is 0 Å². The highest BCUT2D eigenvalue weighted by Crippen LogP contribution is 1.97. The van der Waals surface area contributed by atoms with Crippen molar-refractivity contribution in [2.75, 3.05) is 39.4 Å². The molecule has 0 unspecified atom stereocenters. The number of rotatable bonds is 2. The van der Waals surface area contributed by atoms with E-state index in [-0.39, 0.29) is 37.1 Å². The van der Waals surface area contributed by atoms with Gasteiger partial charge in [0.25, 0.3) is 0 Å². The second-order valence-electron chi connectivity index (χ2n) is 2.73. The molecule has 1 aliphatic heterocycles. The highest BCUT2D eigenvalue weighted by atomic mass is 15.3. The highest BCUT2D eigenvalue weighted by molar-refractivity contribution is 4.68. The zero-order valence-electron chi connectivity index (χ0n) is 6.71. The van der Waals surface area contributed by atoms with Crippen molar-refractivity contribution in [2.45, 2.75) is 44.1 Å². The molecule has 0 aromatic carbocycles. The SMILES string of the molecule is C.C.C.C.C.CCN1CCN(CN)CC1. The van der Waals surface area contributed by atoms with Gasteiger partial charge in [0, 0.05) is 32.8 Å². The van der Waals surface area contributed by atoms with Crippen LogP contribution in [0.15, 0.2) is 0 Å². The quantitative estimate of drug-likeness (QED) is 0.781. The Balaban J connectivity index is -0.0000000667. The summed E-state index contributed by atoms with van der Waals surface area (Å²) in [5.41, 5.74) is 5.50. The van der Waals surface area contributed by atoms with Gasteiger partial charge in [-0.3, -0.25) is 4.90 Å². The summed E-state index contributed by atoms with van der Waals surface area (Å²) in [6.45, 7) is 8.77. The molecule has 0 spiro atoms. The Morgan fingerprint density at radius 2 is 1.13 bits per heavy atom. The van der Waals surface area contributed by atoms with Crippen LogP contribution in [0.5, 0.6) is 0 Å². The van der Waals surface area contributed by atoms with E-state index in [4.69, 9.17) is 5.73 Å². The monoisotopic (exact) mass is 223 g/mol. The summed E-state index contributed by atoms with van der Waals surface area (Å²) >= 11 is 0. The minimum atomic E-state index is 0. The molecular formula is C12H37N3. The lowest BCUT2D eigenvalue weighted by Gasteiger charge is -2.32. The average molecular weight is 223 g/mol. The molecule has 0 atom stereocenters. The summed E-state index contributed by atoms with van der Waals surface area (Å²) < 4.78 is 0. The Hall–Kier alpha value is -0.120. The van der Waals surface area contributed by atoms with Crippen LogP contribution in [-0.2, 0) is 0 Å². The molecule has 1 fully saturated rings. The predicted octanol–water partition coefficient (Wildman–Crippen LogP) is 2.72. The summed E-state index contributed by atoms with van der Waals surface area (Å²) in [6.07, 6.45) is 0. The summed E-state index contributed by atoms with van der Waals surface area (Å²) in [5.74, 6) is 0. The normalized spacial score (nSPS) is 15.6. The molecule has 0 radical (unpaired) electrons. The molecule has 2 N–H and O–H groups in total. The van der Waals surface area contributed by atoms with Crippen molar-refractivity contribution in [3.8, 4) is 0 Å². The average Bonchev–Trinajstić information content (AvgIpc) is 2.05. The molecule has 3 heteroatoms. The highest BCUT2D eigenvalue weighted by Gasteiger charge is 2.12. The molecule has 3 nitrogen and oxygen atoms in total. The Labute approximate surface area is 99.6 Å². The molecule has 0 aromatic rings. The Morgan fingerprint density at radius 3 is 1.40 bits per heavy atom. The fourth-order valence-electron chi connectivity index (χ4n) is 1.29. The Morgan fingerprint density at radius 1 is 0.800 bits per heavy atom. The van der Waals surface area contributed by atoms with E-state index in [1.54, 1.807) is 0 Å². The van der Waals surface area contributed by atoms with Crippen LogP contribution in [0.4, 0.5) is 0 Å². The summed E-state index contributed by atoms with van der Waals surface area (Å²) in [5, 5.41) is 0. The number of hydrogen-bond acceptors (Lipinski definition) is 3. The molecule has 0 bridgehead atoms. The summed E-state index contributed by atoms with van der Waals surface area (Å²) in [6, 6.07) is 0. The van der Waals surface area contributed by atoms with E-state index in [2.05, 4.69) is 16.7 Å². The standard InChI is InChI=1S/C7H17N3.5CH4/c1-2-9-3-5-10(7-8)6-4-9;;;;;/h2-8H2,1H3;5*1H4. The van der Waals surface area contributed by atoms with Crippen LogP contribution in [0.3, 0.4) is 0 Å². The molecule has 0 amide bonds. The number of hydrogen-bond donors (Lipinski definition) is 1. The zero-order chi connectivity index (χ0) is 7.40. The van der Waals surface area contributed by atoms with Gasteiger partial charge in [0.05, 0.1) is 0 Å². The molecule has 1 saturated heterocycles. The fraction of sp³-hybridized carbons (Fsp3) is 1.00. The van der Waals surface area contributed by atoms with Crippen molar-refractivity contribution in [3.05, 3.63) is 0 Å². The van der Waals surface area contributed by atoms with Crippen LogP contribution in [-0.4, -0.2) is 49.2 Å². The van der Waals surface area contributed by atoms with E-state index < -0.39 is 0 Å². The third kappa shape index (κ3) is 10.2. The molecule has 0 aliphatic carbocycles. The van der Waals surface area contributed by atoms with Gasteiger partial charge < -0.3 is 10.6 Å². The molecule has 0 saturated carbocycles. The van der Waals surface area contributed by atoms with Crippen molar-refractivity contribution >= 4 is 0 Å². The van der Waals surface area contributed by atoms with Crippen molar-refractivity contribution in [1.82, 2.24) is 9.80 Å². The van der Waals surface area contributed by atoms with Gasteiger partial charge >= 0.3 is 0 Å². The molecule has 15 heavy (non-hydrogen) atoms. The van der Waals surface area contributed by atoms with Gasteiger partial charge in [-0.25, -0.2) is 0 Å². The van der Waals surface area contributed by atoms with Crippen LogP contribution >= 0.6 is 0 Å². The molecular weight excluding hydrogens is 186 g/mol. The van der Waals surface area contributed by atoms with Crippen molar-refractivity contribution in [3.63, 3.8) is 0 Å². The number of nitrogens with two attached hydrogens (primary N) is 1. The van der Waals surface area contributed by atoms with Gasteiger partial charge in [0.1, 0.15) is 0 Å². The van der Waals surface area contributed by atoms with Gasteiger partial charge in [0.2, 0.25) is 0 Å². The van der Waals surface area contributed by atoms with Crippen LogP contribution in [0.25, 0.3) is 0 Å². The fourth-order valence-corrected chi connectivity index (χ4v) is 1.29. The van der Waals surface area contributed by atoms with E-state index in [0.717, 1.165) is 19.8 Å². The van der Waals surface area contributed by atoms with Crippen molar-refractivity contribution in [1.29, 1.82) is 0 Å². The van der Waals surface area contributed by atoms with Crippen molar-refractivity contribution in [2.24, 2.45) is 5.73 Å². The van der Waals surface area contributed by atoms with Gasteiger partial charge in [-0.15, -0.1) is 0 Å². The minimum absolute atomic E-state index is 0. The minimum Gasteiger partial charge on any atom is -0.318 e. The lowest BCUT2D eigenvalue weighted by molar-refractivity contribution is 0.140. The van der Waals surface area contributed by atoms with Crippen LogP contribution in [0, 0.1) is 0 Å². The van der Waals surface area contributed by atoms with Crippen LogP contribution in [0.2, 0.25) is 0 Å². The molecule has 0 aromatic heterocycles. The second-order valence-corrected chi connectivity index (χ2v) is 2.73. The topological polar surface area (TPSA) is 32.5 Å².